The number of rotatable bonds is 4. The number of anilines is 1. The number of halogens is 1. The fraction of sp³-hybridized carbons (Fsp3) is 0.217. The van der Waals surface area contributed by atoms with Crippen molar-refractivity contribution in [2.75, 3.05) is 31.1 Å². The zero-order chi connectivity index (χ0) is 23.8. The molecule has 1 amide bonds. The Morgan fingerprint density at radius 1 is 1.26 bits per heavy atom. The third kappa shape index (κ3) is 3.66. The van der Waals surface area contributed by atoms with Crippen LogP contribution in [0, 0.1) is 18.3 Å². The summed E-state index contributed by atoms with van der Waals surface area (Å²) in [6.45, 7) is 7.64. The van der Waals surface area contributed by atoms with Crippen molar-refractivity contribution in [1.29, 1.82) is 5.26 Å². The number of H-pyrrole nitrogens is 1. The minimum atomic E-state index is -0.0977. The Balaban J connectivity index is 1.58. The molecule has 1 fully saturated rings. The number of pyridine rings is 1. The molecule has 0 bridgehead atoms. The first kappa shape index (κ1) is 21.6. The van der Waals surface area contributed by atoms with Crippen LogP contribution < -0.4 is 9.64 Å². The first-order valence-corrected chi connectivity index (χ1v) is 10.9. The molecule has 0 atom stereocenters. The van der Waals surface area contributed by atoms with Crippen molar-refractivity contribution in [1.82, 2.24) is 30.0 Å². The fourth-order valence-corrected chi connectivity index (χ4v) is 4.22. The molecule has 170 valence electrons. The number of hydrogen-bond donors (Lipinski definition) is 1. The van der Waals surface area contributed by atoms with Gasteiger partial charge in [-0.2, -0.15) is 10.4 Å². The topological polar surface area (TPSA) is 124 Å². The van der Waals surface area contributed by atoms with E-state index in [0.29, 0.717) is 59.1 Å². The average Bonchev–Trinajstić information content (AvgIpc) is 3.33. The molecule has 1 saturated heterocycles. The summed E-state index contributed by atoms with van der Waals surface area (Å²) in [6.07, 6.45) is 4.37. The molecule has 1 aliphatic heterocycles. The summed E-state index contributed by atoms with van der Waals surface area (Å²) < 4.78 is 6.20. The van der Waals surface area contributed by atoms with Gasteiger partial charge in [-0.3, -0.25) is 9.89 Å². The van der Waals surface area contributed by atoms with Crippen LogP contribution in [0.2, 0.25) is 5.02 Å². The number of aromatic amines is 1. The van der Waals surface area contributed by atoms with Gasteiger partial charge in [0.15, 0.2) is 5.75 Å². The monoisotopic (exact) mass is 474 g/mol. The normalized spacial score (nSPS) is 13.8. The Hall–Kier alpha value is -4.23. The van der Waals surface area contributed by atoms with Crippen LogP contribution in [0.5, 0.6) is 11.6 Å². The minimum Gasteiger partial charge on any atom is -0.435 e. The molecule has 4 heterocycles. The van der Waals surface area contributed by atoms with Gasteiger partial charge in [0.1, 0.15) is 29.4 Å². The second-order valence-corrected chi connectivity index (χ2v) is 8.18. The molecule has 0 radical (unpaired) electrons. The molecule has 0 aliphatic carbocycles. The van der Waals surface area contributed by atoms with Crippen molar-refractivity contribution in [2.24, 2.45) is 0 Å². The van der Waals surface area contributed by atoms with E-state index in [1.54, 1.807) is 17.2 Å². The van der Waals surface area contributed by atoms with Crippen LogP contribution in [0.3, 0.4) is 0 Å². The van der Waals surface area contributed by atoms with E-state index in [9.17, 15) is 10.1 Å². The molecule has 3 aromatic heterocycles. The highest BCUT2D eigenvalue weighted by Gasteiger charge is 2.24. The molecule has 4 aromatic rings. The number of piperazine rings is 1. The molecule has 0 saturated carbocycles. The third-order valence-electron chi connectivity index (χ3n) is 5.77. The minimum absolute atomic E-state index is 0.0977. The van der Waals surface area contributed by atoms with Crippen molar-refractivity contribution in [3.8, 4) is 17.7 Å². The van der Waals surface area contributed by atoms with Crippen LogP contribution in [0.25, 0.3) is 21.8 Å². The van der Waals surface area contributed by atoms with E-state index in [2.05, 4.69) is 42.7 Å². The van der Waals surface area contributed by atoms with Gasteiger partial charge in [-0.1, -0.05) is 18.2 Å². The van der Waals surface area contributed by atoms with Crippen molar-refractivity contribution in [3.05, 3.63) is 53.6 Å². The molecule has 10 nitrogen and oxygen atoms in total. The van der Waals surface area contributed by atoms with Crippen LogP contribution in [0.4, 0.5) is 5.82 Å². The molecular formula is C23H19ClN8O2. The number of ether oxygens (including phenoxy) is 1. The number of aromatic nitrogens is 5. The van der Waals surface area contributed by atoms with E-state index in [1.807, 2.05) is 13.0 Å². The summed E-state index contributed by atoms with van der Waals surface area (Å²) in [5.41, 5.74) is 2.17. The lowest BCUT2D eigenvalue weighted by Crippen LogP contribution is -2.48. The van der Waals surface area contributed by atoms with Crippen molar-refractivity contribution in [3.63, 3.8) is 0 Å². The lowest BCUT2D eigenvalue weighted by molar-refractivity contribution is -0.126. The van der Waals surface area contributed by atoms with Gasteiger partial charge in [-0.15, -0.1) is 0 Å². The van der Waals surface area contributed by atoms with E-state index >= 15 is 0 Å². The number of carbonyl (C=O) groups excluding carboxylic acids is 1. The Bertz CT molecular complexity index is 1480. The summed E-state index contributed by atoms with van der Waals surface area (Å²) in [7, 11) is 0. The lowest BCUT2D eigenvalue weighted by atomic mass is 10.1. The number of nitriles is 1. The van der Waals surface area contributed by atoms with Gasteiger partial charge in [-0.05, 0) is 30.7 Å². The van der Waals surface area contributed by atoms with Gasteiger partial charge in [0, 0.05) is 26.2 Å². The van der Waals surface area contributed by atoms with Gasteiger partial charge in [-0.25, -0.2) is 15.0 Å². The van der Waals surface area contributed by atoms with Gasteiger partial charge in [0.2, 0.25) is 11.8 Å². The van der Waals surface area contributed by atoms with Crippen LogP contribution in [0.15, 0.2) is 37.3 Å². The number of amides is 1. The van der Waals surface area contributed by atoms with Crippen molar-refractivity contribution < 1.29 is 9.53 Å². The molecular weight excluding hydrogens is 456 g/mol. The molecule has 34 heavy (non-hydrogen) atoms. The Morgan fingerprint density at radius 2 is 2.06 bits per heavy atom. The van der Waals surface area contributed by atoms with E-state index in [-0.39, 0.29) is 17.5 Å². The summed E-state index contributed by atoms with van der Waals surface area (Å²) in [5.74, 6) is 1.07. The maximum Gasteiger partial charge on any atom is 0.247 e. The number of hydrogen-bond acceptors (Lipinski definition) is 8. The smallest absolute Gasteiger partial charge is 0.247 e. The molecule has 1 aromatic carbocycles. The molecule has 1 N–H and O–H groups in total. The average molecular weight is 475 g/mol. The lowest BCUT2D eigenvalue weighted by Gasteiger charge is -2.35. The molecule has 1 aliphatic rings. The van der Waals surface area contributed by atoms with Crippen LogP contribution in [-0.2, 0) is 4.79 Å². The zero-order valence-electron chi connectivity index (χ0n) is 18.2. The Labute approximate surface area is 199 Å². The molecule has 0 unspecified atom stereocenters. The molecule has 11 heteroatoms. The zero-order valence-corrected chi connectivity index (χ0v) is 19.0. The maximum atomic E-state index is 11.9. The van der Waals surface area contributed by atoms with E-state index in [1.165, 1.54) is 12.4 Å². The van der Waals surface area contributed by atoms with Crippen LogP contribution in [-0.4, -0.2) is 62.1 Å². The number of carbonyl (C=O) groups is 1. The second kappa shape index (κ2) is 8.61. The highest BCUT2D eigenvalue weighted by atomic mass is 35.5. The number of fused-ring (bicyclic) bond motifs is 2. The van der Waals surface area contributed by atoms with E-state index in [4.69, 9.17) is 16.3 Å². The highest BCUT2D eigenvalue weighted by molar-refractivity contribution is 6.34. The summed E-state index contributed by atoms with van der Waals surface area (Å²) in [5, 5.41) is 18.4. The molecule has 0 spiro atoms. The number of benzene rings is 1. The summed E-state index contributed by atoms with van der Waals surface area (Å²) >= 11 is 6.57. The second-order valence-electron chi connectivity index (χ2n) is 7.80. The number of aryl methyl sites for hydroxylation is 1. The SMILES string of the molecule is C=CC(=O)N1CCN(c2ncnc3c(Oc4c(Cl)c(C)cc5[nH]ncc45)nc(C#N)cc23)CC1. The van der Waals surface area contributed by atoms with E-state index in [0.717, 1.165) is 11.1 Å². The summed E-state index contributed by atoms with van der Waals surface area (Å²) in [6, 6.07) is 5.61. The Kier molecular flexibility index (Phi) is 5.47. The highest BCUT2D eigenvalue weighted by Crippen LogP contribution is 2.40. The standard InChI is InChI=1S/C23H19ClN8O2/c1-3-18(33)31-4-6-32(7-5-31)22-15-9-14(10-25)29-23(20(15)26-12-27-22)34-21-16-11-28-30-17(16)8-13(2)19(21)24/h3,8-9,11-12H,1,4-7H2,2H3,(H,28,30). The number of nitrogens with one attached hydrogen (secondary N) is 1. The van der Waals surface area contributed by atoms with Crippen LogP contribution in [0.1, 0.15) is 11.3 Å². The maximum absolute atomic E-state index is 11.9. The van der Waals surface area contributed by atoms with Crippen molar-refractivity contribution >= 4 is 45.1 Å². The van der Waals surface area contributed by atoms with Gasteiger partial charge in [0.25, 0.3) is 0 Å². The van der Waals surface area contributed by atoms with Gasteiger partial charge < -0.3 is 14.5 Å². The quantitative estimate of drug-likeness (QED) is 0.446. The molecule has 5 rings (SSSR count). The number of nitrogens with zero attached hydrogens (tertiary/aromatic N) is 7. The predicted molar refractivity (Wildman–Crippen MR) is 127 cm³/mol. The van der Waals surface area contributed by atoms with Gasteiger partial charge >= 0.3 is 0 Å². The first-order chi connectivity index (χ1) is 16.5. The third-order valence-corrected chi connectivity index (χ3v) is 6.24. The van der Waals surface area contributed by atoms with Gasteiger partial charge in [0.05, 0.1) is 27.5 Å². The predicted octanol–water partition coefficient (Wildman–Crippen LogP) is 3.36. The van der Waals surface area contributed by atoms with E-state index < -0.39 is 0 Å². The fourth-order valence-electron chi connectivity index (χ4n) is 4.03. The summed E-state index contributed by atoms with van der Waals surface area (Å²) in [4.78, 5) is 29.0. The first-order valence-electron chi connectivity index (χ1n) is 10.5. The van der Waals surface area contributed by atoms with Crippen LogP contribution >= 0.6 is 11.6 Å². The Morgan fingerprint density at radius 3 is 2.79 bits per heavy atom. The van der Waals surface area contributed by atoms with Crippen molar-refractivity contribution in [2.45, 2.75) is 6.92 Å². The largest absolute Gasteiger partial charge is 0.435 e.